The number of nitrogens with zero attached hydrogens (tertiary/aromatic N) is 4. The number of nitrogens with one attached hydrogen (secondary N) is 1. The second kappa shape index (κ2) is 7.53. The first-order chi connectivity index (χ1) is 12.4. The average molecular weight is 353 g/mol. The van der Waals surface area contributed by atoms with E-state index in [9.17, 15) is 4.79 Å². The fourth-order valence-electron chi connectivity index (χ4n) is 2.82. The van der Waals surface area contributed by atoms with E-state index < -0.39 is 0 Å². The Bertz CT molecular complexity index is 885. The zero-order valence-electron chi connectivity index (χ0n) is 15.4. The SMILES string of the molecule is Cc1nn(C)cc1NC(=O)c1cccc(CN(C)[C@H](C)c2ccon2)c1. The van der Waals surface area contributed by atoms with Crippen LogP contribution in [-0.4, -0.2) is 32.8 Å². The summed E-state index contributed by atoms with van der Waals surface area (Å²) in [6.07, 6.45) is 3.37. The van der Waals surface area contributed by atoms with E-state index >= 15 is 0 Å². The van der Waals surface area contributed by atoms with Crippen LogP contribution in [0.15, 0.2) is 47.3 Å². The lowest BCUT2D eigenvalue weighted by Crippen LogP contribution is -2.22. The van der Waals surface area contributed by atoms with Crippen LogP contribution in [0.5, 0.6) is 0 Å². The maximum atomic E-state index is 12.6. The molecular weight excluding hydrogens is 330 g/mol. The van der Waals surface area contributed by atoms with Gasteiger partial charge in [0.1, 0.15) is 12.0 Å². The lowest BCUT2D eigenvalue weighted by atomic mass is 10.1. The molecule has 3 rings (SSSR count). The van der Waals surface area contributed by atoms with Gasteiger partial charge in [-0.25, -0.2) is 0 Å². The topological polar surface area (TPSA) is 76.2 Å². The summed E-state index contributed by atoms with van der Waals surface area (Å²) in [7, 11) is 3.85. The molecule has 0 radical (unpaired) electrons. The van der Waals surface area contributed by atoms with Gasteiger partial charge < -0.3 is 9.84 Å². The van der Waals surface area contributed by atoms with E-state index in [2.05, 4.69) is 27.4 Å². The Labute approximate surface area is 152 Å². The van der Waals surface area contributed by atoms with Gasteiger partial charge in [-0.1, -0.05) is 17.3 Å². The summed E-state index contributed by atoms with van der Waals surface area (Å²) < 4.78 is 6.60. The molecule has 2 aromatic heterocycles. The normalized spacial score (nSPS) is 12.3. The highest BCUT2D eigenvalue weighted by atomic mass is 16.5. The van der Waals surface area contributed by atoms with Gasteiger partial charge >= 0.3 is 0 Å². The minimum absolute atomic E-state index is 0.115. The monoisotopic (exact) mass is 353 g/mol. The first kappa shape index (κ1) is 17.9. The fourth-order valence-corrected chi connectivity index (χ4v) is 2.82. The highest BCUT2D eigenvalue weighted by Crippen LogP contribution is 2.20. The largest absolute Gasteiger partial charge is 0.364 e. The number of rotatable bonds is 6. The fraction of sp³-hybridized carbons (Fsp3) is 0.316. The van der Waals surface area contributed by atoms with E-state index in [1.54, 1.807) is 17.1 Å². The van der Waals surface area contributed by atoms with E-state index in [4.69, 9.17) is 4.52 Å². The van der Waals surface area contributed by atoms with E-state index in [0.717, 1.165) is 22.6 Å². The lowest BCUT2D eigenvalue weighted by Gasteiger charge is -2.23. The van der Waals surface area contributed by atoms with Crippen LogP contribution in [0.3, 0.4) is 0 Å². The summed E-state index contributed by atoms with van der Waals surface area (Å²) >= 11 is 0. The Hall–Kier alpha value is -2.93. The molecule has 0 aliphatic carbocycles. The molecule has 0 saturated heterocycles. The molecule has 0 unspecified atom stereocenters. The van der Waals surface area contributed by atoms with E-state index in [0.29, 0.717) is 12.1 Å². The van der Waals surface area contributed by atoms with Crippen molar-refractivity contribution in [3.8, 4) is 0 Å². The minimum Gasteiger partial charge on any atom is -0.364 e. The summed E-state index contributed by atoms with van der Waals surface area (Å²) in [6, 6.07) is 9.61. The maximum Gasteiger partial charge on any atom is 0.255 e. The number of amides is 1. The summed E-state index contributed by atoms with van der Waals surface area (Å²) in [4.78, 5) is 14.7. The third-order valence-corrected chi connectivity index (χ3v) is 4.43. The summed E-state index contributed by atoms with van der Waals surface area (Å²) in [6.45, 7) is 4.63. The van der Waals surface area contributed by atoms with Crippen molar-refractivity contribution in [1.29, 1.82) is 0 Å². The third-order valence-electron chi connectivity index (χ3n) is 4.43. The van der Waals surface area contributed by atoms with Gasteiger partial charge in [0.05, 0.1) is 17.4 Å². The van der Waals surface area contributed by atoms with Gasteiger partial charge in [0.25, 0.3) is 5.91 Å². The maximum absolute atomic E-state index is 12.6. The molecule has 1 aromatic carbocycles. The van der Waals surface area contributed by atoms with Crippen molar-refractivity contribution in [3.05, 3.63) is 65.3 Å². The highest BCUT2D eigenvalue weighted by Gasteiger charge is 2.16. The second-order valence-electron chi connectivity index (χ2n) is 6.47. The van der Waals surface area contributed by atoms with Crippen LogP contribution < -0.4 is 5.32 Å². The van der Waals surface area contributed by atoms with Crippen molar-refractivity contribution in [3.63, 3.8) is 0 Å². The van der Waals surface area contributed by atoms with Gasteiger partial charge in [-0.3, -0.25) is 14.4 Å². The molecule has 0 spiro atoms. The second-order valence-corrected chi connectivity index (χ2v) is 6.47. The molecular formula is C19H23N5O2. The molecule has 1 atom stereocenters. The van der Waals surface area contributed by atoms with Gasteiger partial charge in [0.2, 0.25) is 0 Å². The van der Waals surface area contributed by atoms with Crippen LogP contribution >= 0.6 is 0 Å². The number of anilines is 1. The van der Waals surface area contributed by atoms with Crippen LogP contribution in [0.2, 0.25) is 0 Å². The van der Waals surface area contributed by atoms with Crippen LogP contribution in [0.4, 0.5) is 5.69 Å². The lowest BCUT2D eigenvalue weighted by molar-refractivity contribution is 0.102. The quantitative estimate of drug-likeness (QED) is 0.737. The predicted molar refractivity (Wildman–Crippen MR) is 98.7 cm³/mol. The molecule has 26 heavy (non-hydrogen) atoms. The number of hydrogen-bond donors (Lipinski definition) is 1. The van der Waals surface area contributed by atoms with Crippen molar-refractivity contribution in [2.45, 2.75) is 26.4 Å². The van der Waals surface area contributed by atoms with Crippen molar-refractivity contribution in [2.75, 3.05) is 12.4 Å². The molecule has 0 aliphatic heterocycles. The van der Waals surface area contributed by atoms with Crippen LogP contribution in [0, 0.1) is 6.92 Å². The minimum atomic E-state index is -0.143. The van der Waals surface area contributed by atoms with Crippen molar-refractivity contribution in [1.82, 2.24) is 19.8 Å². The zero-order valence-corrected chi connectivity index (χ0v) is 15.4. The number of hydrogen-bond acceptors (Lipinski definition) is 5. The van der Waals surface area contributed by atoms with E-state index in [1.807, 2.05) is 51.4 Å². The standard InChI is InChI=1S/C19H23N5O2/c1-13-18(12-24(4)21-13)20-19(25)16-7-5-6-15(10-16)11-23(3)14(2)17-8-9-26-22-17/h5-10,12,14H,11H2,1-4H3,(H,20,25)/t14-/m1/s1. The molecule has 0 fully saturated rings. The molecule has 7 heteroatoms. The van der Waals surface area contributed by atoms with Gasteiger partial charge in [-0.15, -0.1) is 0 Å². The molecule has 1 N–H and O–H groups in total. The predicted octanol–water partition coefficient (Wildman–Crippen LogP) is 3.16. The summed E-state index contributed by atoms with van der Waals surface area (Å²) in [5, 5.41) is 11.1. The number of aryl methyl sites for hydroxylation is 2. The first-order valence-corrected chi connectivity index (χ1v) is 8.45. The Morgan fingerprint density at radius 2 is 2.19 bits per heavy atom. The third kappa shape index (κ3) is 4.00. The van der Waals surface area contributed by atoms with Crippen molar-refractivity contribution in [2.24, 2.45) is 7.05 Å². The Morgan fingerprint density at radius 3 is 2.85 bits per heavy atom. The van der Waals surface area contributed by atoms with Crippen LogP contribution in [-0.2, 0) is 13.6 Å². The van der Waals surface area contributed by atoms with Gasteiger partial charge in [0, 0.05) is 31.4 Å². The molecule has 2 heterocycles. The Morgan fingerprint density at radius 1 is 1.38 bits per heavy atom. The van der Waals surface area contributed by atoms with Gasteiger partial charge in [0.15, 0.2) is 0 Å². The van der Waals surface area contributed by atoms with E-state index in [-0.39, 0.29) is 11.9 Å². The molecule has 1 amide bonds. The number of benzene rings is 1. The molecule has 0 bridgehead atoms. The molecule has 0 saturated carbocycles. The molecule has 7 nitrogen and oxygen atoms in total. The average Bonchev–Trinajstić information content (AvgIpc) is 3.24. The molecule has 3 aromatic rings. The summed E-state index contributed by atoms with van der Waals surface area (Å²) in [5.74, 6) is -0.143. The van der Waals surface area contributed by atoms with Crippen molar-refractivity contribution >= 4 is 11.6 Å². The van der Waals surface area contributed by atoms with Gasteiger partial charge in [-0.05, 0) is 38.6 Å². The molecule has 0 aliphatic rings. The van der Waals surface area contributed by atoms with E-state index in [1.165, 1.54) is 0 Å². The number of aromatic nitrogens is 3. The van der Waals surface area contributed by atoms with Gasteiger partial charge in [-0.2, -0.15) is 5.10 Å². The summed E-state index contributed by atoms with van der Waals surface area (Å²) in [5.41, 5.74) is 4.07. The first-order valence-electron chi connectivity index (χ1n) is 8.45. The smallest absolute Gasteiger partial charge is 0.255 e. The molecule has 136 valence electrons. The highest BCUT2D eigenvalue weighted by molar-refractivity contribution is 6.04. The Balaban J connectivity index is 1.69. The number of carbonyl (C=O) groups is 1. The van der Waals surface area contributed by atoms with Crippen molar-refractivity contribution < 1.29 is 9.32 Å². The Kier molecular flexibility index (Phi) is 5.18. The zero-order chi connectivity index (χ0) is 18.7. The van der Waals surface area contributed by atoms with Crippen LogP contribution in [0.1, 0.15) is 40.3 Å². The number of carbonyl (C=O) groups excluding carboxylic acids is 1. The van der Waals surface area contributed by atoms with Crippen LogP contribution in [0.25, 0.3) is 0 Å².